The summed E-state index contributed by atoms with van der Waals surface area (Å²) in [6, 6.07) is -0.422. The molecule has 0 fully saturated rings. The van der Waals surface area contributed by atoms with Crippen LogP contribution < -0.4 is 11.1 Å². The molecule has 0 saturated heterocycles. The number of aliphatic hydroxyl groups excluding tert-OH is 1. The maximum atomic E-state index is 11.7. The standard InChI is InChI=1S/C18H33N7O5/c1-2-6-25(7-9-26)8-11-29-13-15-30-14-12-28-10-5-20-17(27)4-3-16(19)18-21-23-24-22-18/h1,16,26H,3-15,19H2,(H,20,27)(H,21,22,23,24)/t16-/m0/s1. The summed E-state index contributed by atoms with van der Waals surface area (Å²) in [5, 5.41) is 25.0. The molecule has 0 radical (unpaired) electrons. The van der Waals surface area contributed by atoms with Crippen LogP contribution in [0.3, 0.4) is 0 Å². The number of hydrogen-bond donors (Lipinski definition) is 4. The molecule has 5 N–H and O–H groups in total. The minimum absolute atomic E-state index is 0.0736. The molecule has 1 atom stereocenters. The number of tetrazole rings is 1. The normalized spacial score (nSPS) is 12.1. The highest BCUT2D eigenvalue weighted by molar-refractivity contribution is 5.75. The maximum absolute atomic E-state index is 11.7. The van der Waals surface area contributed by atoms with Gasteiger partial charge in [0, 0.05) is 26.1 Å². The summed E-state index contributed by atoms with van der Waals surface area (Å²) in [6.07, 6.45) is 5.98. The van der Waals surface area contributed by atoms with E-state index in [1.807, 2.05) is 4.90 Å². The summed E-state index contributed by atoms with van der Waals surface area (Å²) in [4.78, 5) is 13.7. The topological polar surface area (TPSA) is 161 Å². The lowest BCUT2D eigenvalue weighted by molar-refractivity contribution is -0.121. The van der Waals surface area contributed by atoms with Crippen molar-refractivity contribution >= 4 is 5.91 Å². The molecule has 170 valence electrons. The Labute approximate surface area is 176 Å². The molecule has 0 aliphatic heterocycles. The summed E-state index contributed by atoms with van der Waals surface area (Å²) < 4.78 is 16.3. The van der Waals surface area contributed by atoms with Crippen LogP contribution in [0.25, 0.3) is 0 Å². The first-order valence-electron chi connectivity index (χ1n) is 9.93. The number of nitrogens with two attached hydrogens (primary N) is 1. The van der Waals surface area contributed by atoms with Crippen molar-refractivity contribution in [1.82, 2.24) is 30.8 Å². The summed E-state index contributed by atoms with van der Waals surface area (Å²) in [6.45, 7) is 4.95. The van der Waals surface area contributed by atoms with Crippen LogP contribution >= 0.6 is 0 Å². The number of nitrogens with one attached hydrogen (secondary N) is 2. The van der Waals surface area contributed by atoms with Gasteiger partial charge in [-0.2, -0.15) is 5.21 Å². The molecule has 0 aliphatic carbocycles. The van der Waals surface area contributed by atoms with Crippen LogP contribution in [0.2, 0.25) is 0 Å². The van der Waals surface area contributed by atoms with Crippen molar-refractivity contribution in [2.45, 2.75) is 18.9 Å². The van der Waals surface area contributed by atoms with Gasteiger partial charge in [-0.05, 0) is 6.42 Å². The van der Waals surface area contributed by atoms with E-state index in [1.165, 1.54) is 0 Å². The maximum Gasteiger partial charge on any atom is 0.220 e. The fraction of sp³-hybridized carbons (Fsp3) is 0.778. The van der Waals surface area contributed by atoms with Gasteiger partial charge in [-0.25, -0.2) is 0 Å². The number of aliphatic hydroxyl groups is 1. The molecule has 0 aromatic carbocycles. The average molecular weight is 428 g/mol. The highest BCUT2D eigenvalue weighted by atomic mass is 16.5. The SMILES string of the molecule is C#CCN(CCO)CCOCCOCCOCCNC(=O)CC[C@H](N)c1nn[nH]n1. The second kappa shape index (κ2) is 17.7. The van der Waals surface area contributed by atoms with Gasteiger partial charge in [0.25, 0.3) is 0 Å². The van der Waals surface area contributed by atoms with Crippen molar-refractivity contribution in [2.24, 2.45) is 5.73 Å². The van der Waals surface area contributed by atoms with E-state index >= 15 is 0 Å². The van der Waals surface area contributed by atoms with E-state index in [0.717, 1.165) is 0 Å². The van der Waals surface area contributed by atoms with Crippen molar-refractivity contribution < 1.29 is 24.1 Å². The quantitative estimate of drug-likeness (QED) is 0.145. The average Bonchev–Trinajstić information content (AvgIpc) is 3.28. The Morgan fingerprint density at radius 2 is 1.90 bits per heavy atom. The smallest absolute Gasteiger partial charge is 0.220 e. The molecule has 1 aromatic heterocycles. The molecule has 1 amide bonds. The van der Waals surface area contributed by atoms with Gasteiger partial charge in [-0.15, -0.1) is 16.6 Å². The van der Waals surface area contributed by atoms with E-state index in [9.17, 15) is 4.79 Å². The largest absolute Gasteiger partial charge is 0.395 e. The summed E-state index contributed by atoms with van der Waals surface area (Å²) >= 11 is 0. The van der Waals surface area contributed by atoms with Gasteiger partial charge >= 0.3 is 0 Å². The summed E-state index contributed by atoms with van der Waals surface area (Å²) in [5.74, 6) is 2.84. The predicted octanol–water partition coefficient (Wildman–Crippen LogP) is -1.93. The van der Waals surface area contributed by atoms with Crippen LogP contribution in [0.1, 0.15) is 24.7 Å². The first-order chi connectivity index (χ1) is 14.7. The number of amides is 1. The molecule has 30 heavy (non-hydrogen) atoms. The van der Waals surface area contributed by atoms with Crippen LogP contribution in [0.5, 0.6) is 0 Å². The van der Waals surface area contributed by atoms with Crippen LogP contribution in [0, 0.1) is 12.3 Å². The van der Waals surface area contributed by atoms with Crippen molar-refractivity contribution in [3.63, 3.8) is 0 Å². The molecule has 0 spiro atoms. The minimum atomic E-state index is -0.422. The Morgan fingerprint density at radius 3 is 2.53 bits per heavy atom. The third kappa shape index (κ3) is 13.2. The molecule has 1 rings (SSSR count). The van der Waals surface area contributed by atoms with Gasteiger partial charge < -0.3 is 30.4 Å². The second-order valence-electron chi connectivity index (χ2n) is 6.31. The Hall–Kier alpha value is -2.14. The van der Waals surface area contributed by atoms with Gasteiger partial charge in [-0.3, -0.25) is 9.69 Å². The molecule has 0 aliphatic rings. The van der Waals surface area contributed by atoms with Crippen molar-refractivity contribution in [3.05, 3.63) is 5.82 Å². The van der Waals surface area contributed by atoms with Crippen molar-refractivity contribution in [3.8, 4) is 12.3 Å². The Morgan fingerprint density at radius 1 is 1.20 bits per heavy atom. The monoisotopic (exact) mass is 427 g/mol. The lowest BCUT2D eigenvalue weighted by atomic mass is 10.1. The summed E-state index contributed by atoms with van der Waals surface area (Å²) in [7, 11) is 0. The first-order valence-corrected chi connectivity index (χ1v) is 9.93. The van der Waals surface area contributed by atoms with Crippen LogP contribution in [0.15, 0.2) is 0 Å². The molecule has 1 aromatic rings. The van der Waals surface area contributed by atoms with Crippen LogP contribution in [-0.4, -0.2) is 109 Å². The molecule has 0 unspecified atom stereocenters. The Kier molecular flexibility index (Phi) is 15.3. The zero-order valence-corrected chi connectivity index (χ0v) is 17.3. The number of terminal acetylenes is 1. The number of H-pyrrole nitrogens is 1. The molecule has 0 saturated carbocycles. The first kappa shape index (κ1) is 25.9. The molecule has 12 heteroatoms. The van der Waals surface area contributed by atoms with E-state index in [-0.39, 0.29) is 18.9 Å². The highest BCUT2D eigenvalue weighted by Crippen LogP contribution is 2.08. The van der Waals surface area contributed by atoms with Crippen molar-refractivity contribution in [2.75, 3.05) is 72.4 Å². The number of carbonyl (C=O) groups is 1. The number of aromatic amines is 1. The number of rotatable bonds is 19. The number of hydrogen-bond acceptors (Lipinski definition) is 10. The fourth-order valence-electron chi connectivity index (χ4n) is 2.37. The van der Waals surface area contributed by atoms with E-state index in [2.05, 4.69) is 31.9 Å². The van der Waals surface area contributed by atoms with E-state index < -0.39 is 6.04 Å². The Bertz CT molecular complexity index is 582. The third-order valence-corrected chi connectivity index (χ3v) is 3.97. The lowest BCUT2D eigenvalue weighted by Gasteiger charge is -2.18. The number of ether oxygens (including phenoxy) is 3. The van der Waals surface area contributed by atoms with Crippen LogP contribution in [-0.2, 0) is 19.0 Å². The van der Waals surface area contributed by atoms with Gasteiger partial charge in [0.1, 0.15) is 0 Å². The van der Waals surface area contributed by atoms with E-state index in [1.54, 1.807) is 0 Å². The predicted molar refractivity (Wildman–Crippen MR) is 108 cm³/mol. The van der Waals surface area contributed by atoms with Gasteiger partial charge in [0.15, 0.2) is 5.82 Å². The van der Waals surface area contributed by atoms with Crippen LogP contribution in [0.4, 0.5) is 0 Å². The number of aromatic nitrogens is 4. The van der Waals surface area contributed by atoms with Gasteiger partial charge in [-0.1, -0.05) is 11.1 Å². The summed E-state index contributed by atoms with van der Waals surface area (Å²) in [5.41, 5.74) is 5.86. The minimum Gasteiger partial charge on any atom is -0.395 e. The molecule has 12 nitrogen and oxygen atoms in total. The lowest BCUT2D eigenvalue weighted by Crippen LogP contribution is -2.31. The van der Waals surface area contributed by atoms with Gasteiger partial charge in [0.05, 0.1) is 58.8 Å². The molecular formula is C18H33N7O5. The van der Waals surface area contributed by atoms with E-state index in [4.69, 9.17) is 31.5 Å². The molecule has 1 heterocycles. The number of nitrogens with zero attached hydrogens (tertiary/aromatic N) is 4. The number of carbonyl (C=O) groups excluding carboxylic acids is 1. The van der Waals surface area contributed by atoms with E-state index in [0.29, 0.717) is 78.1 Å². The van der Waals surface area contributed by atoms with Gasteiger partial charge in [0.2, 0.25) is 5.91 Å². The Balaban J connectivity index is 1.85. The second-order valence-corrected chi connectivity index (χ2v) is 6.31. The zero-order chi connectivity index (χ0) is 21.9. The molecule has 0 bridgehead atoms. The third-order valence-electron chi connectivity index (χ3n) is 3.97. The zero-order valence-electron chi connectivity index (χ0n) is 17.3. The van der Waals surface area contributed by atoms with Crippen molar-refractivity contribution in [1.29, 1.82) is 0 Å². The fourth-order valence-corrected chi connectivity index (χ4v) is 2.37. The molecular weight excluding hydrogens is 394 g/mol. The highest BCUT2D eigenvalue weighted by Gasteiger charge is 2.12.